The number of piperidine rings is 1. The van der Waals surface area contributed by atoms with Gasteiger partial charge >= 0.3 is 6.09 Å². The van der Waals surface area contributed by atoms with E-state index in [1.807, 2.05) is 0 Å². The fourth-order valence-electron chi connectivity index (χ4n) is 4.44. The molecule has 0 radical (unpaired) electrons. The number of carbonyl (C=O) groups excluding carboxylic acids is 2. The minimum Gasteiger partial charge on any atom is -0.453 e. The number of ether oxygens (including phenoxy) is 1. The molecule has 5 nitrogen and oxygen atoms in total. The molecule has 0 spiro atoms. The first-order chi connectivity index (χ1) is 10.6. The minimum absolute atomic E-state index is 0.0844. The number of nitrogens with zero attached hydrogens (tertiary/aromatic N) is 1. The molecule has 2 rings (SSSR count). The molecule has 0 saturated carbocycles. The van der Waals surface area contributed by atoms with Gasteiger partial charge in [-0.3, -0.25) is 9.69 Å². The standard InChI is InChI=1S/C17H27NO4/c1-4-6-9-17-10-8-14(18(17)16(21)22-3)12(7-5-2)15(20)13(17)11-19/h5,12-14,19H,2,4,6-11H2,1,3H3/t12-,13+,14+,17-/m1/s1. The number of methoxy groups -OCH3 is 1. The highest BCUT2D eigenvalue weighted by molar-refractivity contribution is 5.89. The molecular weight excluding hydrogens is 282 g/mol. The number of hydrogen-bond acceptors (Lipinski definition) is 4. The van der Waals surface area contributed by atoms with E-state index in [4.69, 9.17) is 4.74 Å². The molecular formula is C17H27NO4. The number of allylic oxidation sites excluding steroid dienone is 1. The van der Waals surface area contributed by atoms with E-state index in [0.717, 1.165) is 32.1 Å². The molecule has 0 unspecified atom stereocenters. The van der Waals surface area contributed by atoms with Crippen molar-refractivity contribution in [1.82, 2.24) is 4.90 Å². The monoisotopic (exact) mass is 309 g/mol. The van der Waals surface area contributed by atoms with E-state index in [1.165, 1.54) is 7.11 Å². The zero-order valence-corrected chi connectivity index (χ0v) is 13.6. The second kappa shape index (κ2) is 6.82. The summed E-state index contributed by atoms with van der Waals surface area (Å²) in [6.07, 6.45) is 6.10. The third-order valence-electron chi connectivity index (χ3n) is 5.44. The first-order valence-corrected chi connectivity index (χ1v) is 8.20. The lowest BCUT2D eigenvalue weighted by Crippen LogP contribution is -2.65. The van der Waals surface area contributed by atoms with Gasteiger partial charge in [0, 0.05) is 12.0 Å². The highest BCUT2D eigenvalue weighted by Gasteiger charge is 2.62. The van der Waals surface area contributed by atoms with Crippen molar-refractivity contribution in [1.29, 1.82) is 0 Å². The van der Waals surface area contributed by atoms with Crippen molar-refractivity contribution in [3.05, 3.63) is 12.7 Å². The summed E-state index contributed by atoms with van der Waals surface area (Å²) in [4.78, 5) is 27.0. The fourth-order valence-corrected chi connectivity index (χ4v) is 4.44. The van der Waals surface area contributed by atoms with Gasteiger partial charge in [0.25, 0.3) is 0 Å². The van der Waals surface area contributed by atoms with Crippen LogP contribution in [-0.4, -0.2) is 47.2 Å². The molecule has 2 bridgehead atoms. The van der Waals surface area contributed by atoms with Gasteiger partial charge in [-0.15, -0.1) is 6.58 Å². The van der Waals surface area contributed by atoms with Crippen molar-refractivity contribution in [3.8, 4) is 0 Å². The summed E-state index contributed by atoms with van der Waals surface area (Å²) >= 11 is 0. The molecule has 1 amide bonds. The molecule has 2 saturated heterocycles. The van der Waals surface area contributed by atoms with Crippen molar-refractivity contribution in [3.63, 3.8) is 0 Å². The van der Waals surface area contributed by atoms with Crippen LogP contribution in [0.4, 0.5) is 4.79 Å². The van der Waals surface area contributed by atoms with Gasteiger partial charge in [0.15, 0.2) is 0 Å². The van der Waals surface area contributed by atoms with Crippen molar-refractivity contribution in [2.75, 3.05) is 13.7 Å². The maximum absolute atomic E-state index is 12.8. The average Bonchev–Trinajstić information content (AvgIpc) is 2.85. The van der Waals surface area contributed by atoms with Gasteiger partial charge in [-0.2, -0.15) is 0 Å². The SMILES string of the molecule is C=CC[C@H]1C(=O)[C@H](CO)[C@@]2(CCCC)CC[C@@H]1N2C(=O)OC. The predicted octanol–water partition coefficient (Wildman–Crippen LogP) is 2.53. The number of unbranched alkanes of at least 4 members (excludes halogenated alkanes) is 1. The summed E-state index contributed by atoms with van der Waals surface area (Å²) in [5.41, 5.74) is -0.572. The van der Waals surface area contributed by atoms with Crippen molar-refractivity contribution >= 4 is 11.9 Å². The number of amides is 1. The number of aliphatic hydroxyl groups excluding tert-OH is 1. The zero-order chi connectivity index (χ0) is 16.3. The van der Waals surface area contributed by atoms with E-state index in [2.05, 4.69) is 13.5 Å². The van der Waals surface area contributed by atoms with Gasteiger partial charge in [0.2, 0.25) is 0 Å². The molecule has 2 aliphatic rings. The van der Waals surface area contributed by atoms with Crippen molar-refractivity contribution in [2.24, 2.45) is 11.8 Å². The normalized spacial score (nSPS) is 33.9. The Bertz CT molecular complexity index is 450. The molecule has 0 aromatic carbocycles. The summed E-state index contributed by atoms with van der Waals surface area (Å²) in [5.74, 6) is -0.700. The van der Waals surface area contributed by atoms with E-state index in [-0.39, 0.29) is 30.4 Å². The first kappa shape index (κ1) is 17.0. The Morgan fingerprint density at radius 1 is 1.59 bits per heavy atom. The second-order valence-electron chi connectivity index (χ2n) is 6.42. The molecule has 0 aromatic heterocycles. The van der Waals surface area contributed by atoms with Crippen molar-refractivity contribution < 1.29 is 19.4 Å². The van der Waals surface area contributed by atoms with Gasteiger partial charge in [0.05, 0.1) is 25.2 Å². The number of ketones is 1. The van der Waals surface area contributed by atoms with E-state index >= 15 is 0 Å². The van der Waals surface area contributed by atoms with E-state index in [9.17, 15) is 14.7 Å². The number of aliphatic hydroxyl groups is 1. The highest BCUT2D eigenvalue weighted by Crippen LogP contribution is 2.51. The molecule has 2 aliphatic heterocycles. The number of hydrogen-bond donors (Lipinski definition) is 1. The Morgan fingerprint density at radius 3 is 2.86 bits per heavy atom. The smallest absolute Gasteiger partial charge is 0.410 e. The summed E-state index contributed by atoms with van der Waals surface area (Å²) in [7, 11) is 1.38. The average molecular weight is 309 g/mol. The predicted molar refractivity (Wildman–Crippen MR) is 83.4 cm³/mol. The molecule has 22 heavy (non-hydrogen) atoms. The van der Waals surface area contributed by atoms with E-state index < -0.39 is 11.5 Å². The highest BCUT2D eigenvalue weighted by atomic mass is 16.5. The van der Waals surface area contributed by atoms with Gasteiger partial charge in [-0.1, -0.05) is 25.8 Å². The molecule has 0 aromatic rings. The van der Waals surface area contributed by atoms with Crippen LogP contribution in [0, 0.1) is 11.8 Å². The van der Waals surface area contributed by atoms with E-state index in [0.29, 0.717) is 6.42 Å². The van der Waals surface area contributed by atoms with Crippen LogP contribution in [-0.2, 0) is 9.53 Å². The summed E-state index contributed by atoms with van der Waals surface area (Å²) in [5, 5.41) is 9.88. The minimum atomic E-state index is -0.572. The molecule has 124 valence electrons. The largest absolute Gasteiger partial charge is 0.453 e. The lowest BCUT2D eigenvalue weighted by molar-refractivity contribution is -0.142. The van der Waals surface area contributed by atoms with Crippen LogP contribution < -0.4 is 0 Å². The Morgan fingerprint density at radius 2 is 2.32 bits per heavy atom. The van der Waals surface area contributed by atoms with Gasteiger partial charge < -0.3 is 9.84 Å². The van der Waals surface area contributed by atoms with Crippen LogP contribution in [0.3, 0.4) is 0 Å². The summed E-state index contributed by atoms with van der Waals surface area (Å²) in [6, 6.07) is -0.127. The number of Topliss-reactive ketones (excluding diaryl/α,β-unsaturated/α-hetero) is 1. The Labute approximate surface area is 132 Å². The molecule has 1 N–H and O–H groups in total. The molecule has 2 fully saturated rings. The lowest BCUT2D eigenvalue weighted by Gasteiger charge is -2.50. The second-order valence-corrected chi connectivity index (χ2v) is 6.42. The van der Waals surface area contributed by atoms with Crippen LogP contribution in [0.15, 0.2) is 12.7 Å². The lowest BCUT2D eigenvalue weighted by atomic mass is 9.70. The van der Waals surface area contributed by atoms with Crippen LogP contribution in [0.2, 0.25) is 0 Å². The summed E-state index contributed by atoms with van der Waals surface area (Å²) < 4.78 is 5.00. The number of carbonyl (C=O) groups is 2. The third-order valence-corrected chi connectivity index (χ3v) is 5.44. The molecule has 2 heterocycles. The number of rotatable bonds is 6. The van der Waals surface area contributed by atoms with Gasteiger partial charge in [0.1, 0.15) is 5.78 Å². The molecule has 5 heteroatoms. The van der Waals surface area contributed by atoms with Crippen LogP contribution >= 0.6 is 0 Å². The maximum Gasteiger partial charge on any atom is 0.410 e. The maximum atomic E-state index is 12.8. The van der Waals surface area contributed by atoms with Gasteiger partial charge in [-0.25, -0.2) is 4.79 Å². The van der Waals surface area contributed by atoms with Crippen LogP contribution in [0.25, 0.3) is 0 Å². The van der Waals surface area contributed by atoms with Crippen molar-refractivity contribution in [2.45, 2.75) is 57.0 Å². The van der Waals surface area contributed by atoms with Crippen LogP contribution in [0.1, 0.15) is 45.4 Å². The zero-order valence-electron chi connectivity index (χ0n) is 13.6. The Hall–Kier alpha value is -1.36. The molecule has 0 aliphatic carbocycles. The third kappa shape index (κ3) is 2.45. The topological polar surface area (TPSA) is 66.8 Å². The fraction of sp³-hybridized carbons (Fsp3) is 0.765. The quantitative estimate of drug-likeness (QED) is 0.766. The number of fused-ring (bicyclic) bond motifs is 2. The van der Waals surface area contributed by atoms with E-state index in [1.54, 1.807) is 11.0 Å². The van der Waals surface area contributed by atoms with Gasteiger partial charge in [-0.05, 0) is 25.7 Å². The first-order valence-electron chi connectivity index (χ1n) is 8.20. The van der Waals surface area contributed by atoms with Crippen LogP contribution in [0.5, 0.6) is 0 Å². The Balaban J connectivity index is 2.45. The summed E-state index contributed by atoms with van der Waals surface area (Å²) in [6.45, 7) is 5.61. The molecule has 4 atom stereocenters. The Kier molecular flexibility index (Phi) is 5.27.